The summed E-state index contributed by atoms with van der Waals surface area (Å²) in [6, 6.07) is 12.7. The van der Waals surface area contributed by atoms with Crippen molar-refractivity contribution in [2.24, 2.45) is 0 Å². The fourth-order valence-corrected chi connectivity index (χ4v) is 11.8. The first-order chi connectivity index (χ1) is 44.7. The Balaban J connectivity index is 0.00000207. The molecule has 1 aromatic heterocycles. The standard InChI is InChI=1S/C59H94Cl2N6O17S.C2HF3O2/c60-48-7-5-47(6-8-48)41-51-44-83-52(43-67(51)50-10-15-66(16-11-50)55-42-49(61)9-13-62-55)45-84-57(69)12-17-71-19-21-73-23-25-75-27-29-77-31-33-79-35-37-81-39-40-82-38-36-80-34-32-78-30-28-76-26-24-74-22-20-72-18-14-63-56(68)4-2-1-3-54-58-53(46-85-54)64-59(70)65-58;3-2(4,5)1(6)7/h5-9,13,42,50-54,58H,1-4,10-12,14-41,43-46H2,(H,63,68)(H2,64,65,70);(H,6,7)/t51-,52+,53-,54-,58-;/m0./s1. The van der Waals surface area contributed by atoms with E-state index in [1.807, 2.05) is 30.0 Å². The molecule has 5 atom stereocenters. The molecule has 4 saturated heterocycles. The Hall–Kier alpha value is -3.99. The highest BCUT2D eigenvalue weighted by molar-refractivity contribution is 8.00. The molecule has 0 spiro atoms. The van der Waals surface area contributed by atoms with Crippen molar-refractivity contribution in [3.63, 3.8) is 0 Å². The molecule has 0 radical (unpaired) electrons. The van der Waals surface area contributed by atoms with Crippen LogP contribution < -0.4 is 20.9 Å². The molecule has 4 fully saturated rings. The molecule has 4 aliphatic rings. The third-order valence-corrected chi connectivity index (χ3v) is 16.6. The zero-order valence-electron chi connectivity index (χ0n) is 52.5. The number of pyridine rings is 1. The number of alkyl halides is 3. The van der Waals surface area contributed by atoms with E-state index in [-0.39, 0.29) is 61.8 Å². The van der Waals surface area contributed by atoms with E-state index in [0.29, 0.717) is 194 Å². The molecule has 1 aromatic carbocycles. The van der Waals surface area contributed by atoms with E-state index in [4.69, 9.17) is 99.4 Å². The number of amides is 3. The van der Waals surface area contributed by atoms with Gasteiger partial charge in [-0.25, -0.2) is 14.6 Å². The average Bonchev–Trinajstić information content (AvgIpc) is 3.42. The Bertz CT molecular complexity index is 2300. The molecule has 3 amide bonds. The van der Waals surface area contributed by atoms with Crippen LogP contribution in [0.3, 0.4) is 0 Å². The third kappa shape index (κ3) is 35.7. The van der Waals surface area contributed by atoms with Gasteiger partial charge in [0.2, 0.25) is 5.91 Å². The highest BCUT2D eigenvalue weighted by Crippen LogP contribution is 2.33. The molecule has 4 aliphatic heterocycles. The topological polar surface area (TPSA) is 273 Å². The second-order valence-electron chi connectivity index (χ2n) is 21.5. The Labute approximate surface area is 551 Å². The summed E-state index contributed by atoms with van der Waals surface area (Å²) >= 11 is 14.3. The highest BCUT2D eigenvalue weighted by Gasteiger charge is 2.43. The van der Waals surface area contributed by atoms with Gasteiger partial charge in [0, 0.05) is 71.9 Å². The molecule has 2 aromatic rings. The number of nitrogens with zero attached hydrogens (tertiary/aromatic N) is 3. The van der Waals surface area contributed by atoms with Crippen LogP contribution in [0.4, 0.5) is 23.8 Å². The monoisotopic (exact) mass is 1370 g/mol. The minimum absolute atomic E-state index is 0.0366. The molecule has 0 bridgehead atoms. The number of nitrogens with one attached hydrogen (secondary N) is 3. The maximum atomic E-state index is 12.6. The maximum Gasteiger partial charge on any atom is 0.490 e. The number of fused-ring (bicyclic) bond motifs is 1. The fraction of sp³-hybridized carbons (Fsp3) is 0.754. The van der Waals surface area contributed by atoms with Gasteiger partial charge in [-0.05, 0) is 61.9 Å². The van der Waals surface area contributed by atoms with Crippen LogP contribution in [0.25, 0.3) is 0 Å². The normalized spacial score (nSPS) is 19.3. The van der Waals surface area contributed by atoms with Gasteiger partial charge in [0.25, 0.3) is 0 Å². The lowest BCUT2D eigenvalue weighted by molar-refractivity contribution is -0.192. The summed E-state index contributed by atoms with van der Waals surface area (Å²) in [7, 11) is 0. The number of halogens is 5. The van der Waals surface area contributed by atoms with E-state index < -0.39 is 12.1 Å². The number of thioether (sulfide) groups is 1. The quantitative estimate of drug-likeness (QED) is 0.0373. The van der Waals surface area contributed by atoms with E-state index in [2.05, 4.69) is 42.9 Å². The number of ether oxygens (including phenoxy) is 14. The predicted octanol–water partition coefficient (Wildman–Crippen LogP) is 5.28. The van der Waals surface area contributed by atoms with Crippen LogP contribution in [-0.4, -0.2) is 284 Å². The predicted molar refractivity (Wildman–Crippen MR) is 336 cm³/mol. The Morgan fingerprint density at radius 3 is 1.64 bits per heavy atom. The lowest BCUT2D eigenvalue weighted by Gasteiger charge is -2.46. The SMILES string of the molecule is O=C(CCCC[C@@H]1SC[C@@H]2NC(=O)N[C@@H]21)NCCOCCOCCOCCOCCOCCOCCOCCOCCOCCOCCOCCOCCC(=O)OC[C@H]1CN(C2CCN(c3cc(Cl)ccn3)CC2)[C@@H](Cc2ccc(Cl)cc2)CO1.O=C(O)C(F)(F)F. The van der Waals surface area contributed by atoms with Crippen LogP contribution in [0.1, 0.15) is 50.5 Å². The Morgan fingerprint density at radius 2 is 1.15 bits per heavy atom. The van der Waals surface area contributed by atoms with Crippen LogP contribution in [0.15, 0.2) is 42.6 Å². The van der Waals surface area contributed by atoms with Crippen molar-refractivity contribution in [3.8, 4) is 0 Å². The van der Waals surface area contributed by atoms with Gasteiger partial charge in [0.15, 0.2) is 0 Å². The zero-order valence-corrected chi connectivity index (χ0v) is 54.8. The third-order valence-electron chi connectivity index (χ3n) is 14.6. The van der Waals surface area contributed by atoms with Crippen LogP contribution in [0.2, 0.25) is 10.0 Å². The number of aliphatic carboxylic acids is 1. The summed E-state index contributed by atoms with van der Waals surface area (Å²) in [6.07, 6.45) is 2.70. The second-order valence-corrected chi connectivity index (χ2v) is 23.6. The summed E-state index contributed by atoms with van der Waals surface area (Å²) in [5.41, 5.74) is 1.21. The fourth-order valence-electron chi connectivity index (χ4n) is 9.95. The lowest BCUT2D eigenvalue weighted by atomic mass is 9.96. The first-order valence-corrected chi connectivity index (χ1v) is 33.4. The van der Waals surface area contributed by atoms with Crippen molar-refractivity contribution >= 4 is 64.7 Å². The van der Waals surface area contributed by atoms with Gasteiger partial charge in [0.05, 0.1) is 184 Å². The molecule has 5 heterocycles. The number of benzene rings is 1. The van der Waals surface area contributed by atoms with Crippen LogP contribution in [-0.2, 0) is 87.1 Å². The number of carbonyl (C=O) groups excluding carboxylic acids is 3. The number of morpholine rings is 1. The van der Waals surface area contributed by atoms with Gasteiger partial charge in [0.1, 0.15) is 18.5 Å². The summed E-state index contributed by atoms with van der Waals surface area (Å²) in [5.74, 6) is -1.18. The number of carboxylic acids is 1. The van der Waals surface area contributed by atoms with Gasteiger partial charge >= 0.3 is 24.1 Å². The van der Waals surface area contributed by atoms with Crippen molar-refractivity contribution < 1.29 is 104 Å². The second kappa shape index (κ2) is 48.7. The molecule has 524 valence electrons. The van der Waals surface area contributed by atoms with Crippen molar-refractivity contribution in [3.05, 3.63) is 58.2 Å². The van der Waals surface area contributed by atoms with E-state index in [1.165, 1.54) is 5.56 Å². The van der Waals surface area contributed by atoms with E-state index in [0.717, 1.165) is 68.2 Å². The molecular weight excluding hydrogens is 1280 g/mol. The minimum Gasteiger partial charge on any atom is -0.475 e. The summed E-state index contributed by atoms with van der Waals surface area (Å²) in [6.45, 7) is 14.3. The first kappa shape index (κ1) is 78.7. The lowest BCUT2D eigenvalue weighted by Crippen LogP contribution is -2.58. The number of anilines is 1. The largest absolute Gasteiger partial charge is 0.490 e. The number of urea groups is 1. The molecule has 0 saturated carbocycles. The number of hydrogen-bond acceptors (Lipinski definition) is 22. The molecule has 31 heteroatoms. The molecular formula is C61H95Cl2F3N6O19S. The van der Waals surface area contributed by atoms with Crippen LogP contribution in [0, 0.1) is 0 Å². The van der Waals surface area contributed by atoms with E-state index in [9.17, 15) is 27.6 Å². The molecule has 6 rings (SSSR count). The Kier molecular flexibility index (Phi) is 41.6. The molecule has 0 aliphatic carbocycles. The molecule has 0 unspecified atom stereocenters. The van der Waals surface area contributed by atoms with Crippen molar-refractivity contribution in [2.45, 2.75) is 93.1 Å². The summed E-state index contributed by atoms with van der Waals surface area (Å²) < 4.78 is 110. The molecule has 92 heavy (non-hydrogen) atoms. The Morgan fingerprint density at radius 1 is 0.663 bits per heavy atom. The van der Waals surface area contributed by atoms with Gasteiger partial charge in [-0.1, -0.05) is 41.8 Å². The number of carbonyl (C=O) groups is 4. The average molecular weight is 1380 g/mol. The maximum absolute atomic E-state index is 12.6. The summed E-state index contributed by atoms with van der Waals surface area (Å²) in [4.78, 5) is 54.5. The van der Waals surface area contributed by atoms with E-state index in [1.54, 1.807) is 12.3 Å². The van der Waals surface area contributed by atoms with Crippen LogP contribution in [0.5, 0.6) is 0 Å². The molecule has 25 nitrogen and oxygen atoms in total. The number of piperidine rings is 1. The zero-order chi connectivity index (χ0) is 65.7. The smallest absolute Gasteiger partial charge is 0.475 e. The number of rotatable bonds is 50. The van der Waals surface area contributed by atoms with Crippen molar-refractivity contribution in [1.29, 1.82) is 0 Å². The van der Waals surface area contributed by atoms with E-state index >= 15 is 0 Å². The number of aromatic nitrogens is 1. The molecule has 4 N–H and O–H groups in total. The van der Waals surface area contributed by atoms with Gasteiger partial charge < -0.3 is 92.3 Å². The van der Waals surface area contributed by atoms with Gasteiger partial charge in [-0.15, -0.1) is 0 Å². The minimum atomic E-state index is -5.08. The first-order valence-electron chi connectivity index (χ1n) is 31.6. The number of esters is 1. The van der Waals surface area contributed by atoms with Gasteiger partial charge in [-0.2, -0.15) is 24.9 Å². The van der Waals surface area contributed by atoms with Gasteiger partial charge in [-0.3, -0.25) is 14.5 Å². The van der Waals surface area contributed by atoms with Crippen LogP contribution >= 0.6 is 35.0 Å². The number of carboxylic acid groups (broad SMARTS) is 1. The number of unbranched alkanes of at least 4 members (excludes halogenated alkanes) is 1. The summed E-state index contributed by atoms with van der Waals surface area (Å²) in [5, 5.41) is 17.8. The van der Waals surface area contributed by atoms with Crippen molar-refractivity contribution in [1.82, 2.24) is 25.8 Å². The van der Waals surface area contributed by atoms with Crippen molar-refractivity contribution in [2.75, 3.05) is 209 Å². The number of hydrogen-bond donors (Lipinski definition) is 4. The highest BCUT2D eigenvalue weighted by atomic mass is 35.5.